The van der Waals surface area contributed by atoms with Crippen molar-refractivity contribution in [1.29, 1.82) is 0 Å². The first-order valence-electron chi connectivity index (χ1n) is 9.09. The summed E-state index contributed by atoms with van der Waals surface area (Å²) in [6.07, 6.45) is 6.26. The molecule has 1 unspecified atom stereocenters. The van der Waals surface area contributed by atoms with E-state index in [2.05, 4.69) is 21.7 Å². The molecule has 2 saturated heterocycles. The highest BCUT2D eigenvalue weighted by atomic mass is 35.5. The molecular formula is C18H27ClN4O. The van der Waals surface area contributed by atoms with Crippen LogP contribution in [0, 0.1) is 0 Å². The molecule has 0 spiro atoms. The first-order valence-corrected chi connectivity index (χ1v) is 9.47. The molecule has 0 saturated carbocycles. The van der Waals surface area contributed by atoms with Crippen LogP contribution in [0.5, 0.6) is 0 Å². The normalized spacial score (nSPS) is 22.7. The summed E-state index contributed by atoms with van der Waals surface area (Å²) in [5.74, 6) is 1.14. The monoisotopic (exact) mass is 350 g/mol. The van der Waals surface area contributed by atoms with Crippen LogP contribution in [0.4, 0.5) is 5.82 Å². The van der Waals surface area contributed by atoms with E-state index in [1.165, 1.54) is 12.8 Å². The molecule has 1 atom stereocenters. The zero-order valence-electron chi connectivity index (χ0n) is 14.5. The van der Waals surface area contributed by atoms with E-state index in [-0.39, 0.29) is 6.04 Å². The third-order valence-corrected chi connectivity index (χ3v) is 5.33. The Hall–Kier alpha value is -1.33. The van der Waals surface area contributed by atoms with E-state index >= 15 is 0 Å². The number of piperazine rings is 1. The number of likely N-dealkylation sites (tertiary alicyclic amines) is 1. The standard InChI is InChI=1S/C18H27ClN4O/c1-2-9-21-10-4-3-7-16(21)18(24)23-13-11-22(12-14-23)17-15(19)6-5-8-20-17/h5-6,8,16H,2-4,7,9-14H2,1H3. The van der Waals surface area contributed by atoms with Gasteiger partial charge < -0.3 is 9.80 Å². The van der Waals surface area contributed by atoms with Crippen LogP contribution in [0.2, 0.25) is 5.02 Å². The minimum absolute atomic E-state index is 0.0867. The van der Waals surface area contributed by atoms with Crippen molar-refractivity contribution in [3.05, 3.63) is 23.4 Å². The molecule has 0 bridgehead atoms. The van der Waals surface area contributed by atoms with Gasteiger partial charge in [0.2, 0.25) is 5.91 Å². The van der Waals surface area contributed by atoms with Crippen molar-refractivity contribution in [2.24, 2.45) is 0 Å². The fourth-order valence-electron chi connectivity index (χ4n) is 3.78. The summed E-state index contributed by atoms with van der Waals surface area (Å²) in [4.78, 5) is 23.9. The number of carbonyl (C=O) groups excluding carboxylic acids is 1. The third-order valence-electron chi connectivity index (χ3n) is 5.04. The lowest BCUT2D eigenvalue weighted by molar-refractivity contribution is -0.138. The van der Waals surface area contributed by atoms with Crippen molar-refractivity contribution in [3.63, 3.8) is 0 Å². The molecule has 3 rings (SSSR count). The highest BCUT2D eigenvalue weighted by Gasteiger charge is 2.33. The zero-order valence-corrected chi connectivity index (χ0v) is 15.2. The van der Waals surface area contributed by atoms with E-state index in [1.807, 2.05) is 17.0 Å². The number of hydrogen-bond donors (Lipinski definition) is 0. The Bertz CT molecular complexity index is 558. The number of halogens is 1. The van der Waals surface area contributed by atoms with E-state index in [0.717, 1.165) is 57.9 Å². The van der Waals surface area contributed by atoms with Crippen LogP contribution >= 0.6 is 11.6 Å². The molecule has 1 aromatic rings. The highest BCUT2D eigenvalue weighted by Crippen LogP contribution is 2.24. The van der Waals surface area contributed by atoms with Crippen molar-refractivity contribution in [2.75, 3.05) is 44.2 Å². The highest BCUT2D eigenvalue weighted by molar-refractivity contribution is 6.32. The maximum absolute atomic E-state index is 13.0. The largest absolute Gasteiger partial charge is 0.352 e. The Morgan fingerprint density at radius 3 is 2.75 bits per heavy atom. The van der Waals surface area contributed by atoms with Gasteiger partial charge in [0.1, 0.15) is 5.82 Å². The molecule has 0 radical (unpaired) electrons. The number of piperidine rings is 1. The second-order valence-electron chi connectivity index (χ2n) is 6.67. The minimum atomic E-state index is 0.0867. The lowest BCUT2D eigenvalue weighted by atomic mass is 10.00. The number of amides is 1. The molecule has 0 N–H and O–H groups in total. The van der Waals surface area contributed by atoms with Gasteiger partial charge >= 0.3 is 0 Å². The van der Waals surface area contributed by atoms with Crippen LogP contribution in [0.15, 0.2) is 18.3 Å². The SMILES string of the molecule is CCCN1CCCCC1C(=O)N1CCN(c2ncccc2Cl)CC1. The Balaban J connectivity index is 1.59. The number of carbonyl (C=O) groups is 1. The van der Waals surface area contributed by atoms with Crippen molar-refractivity contribution in [2.45, 2.75) is 38.6 Å². The van der Waals surface area contributed by atoms with Gasteiger partial charge in [-0.3, -0.25) is 9.69 Å². The Kier molecular flexibility index (Phi) is 5.95. The molecule has 24 heavy (non-hydrogen) atoms. The number of rotatable bonds is 4. The quantitative estimate of drug-likeness (QED) is 0.837. The predicted octanol–water partition coefficient (Wildman–Crippen LogP) is 2.65. The molecule has 2 fully saturated rings. The topological polar surface area (TPSA) is 39.7 Å². The van der Waals surface area contributed by atoms with E-state index in [9.17, 15) is 4.79 Å². The summed E-state index contributed by atoms with van der Waals surface area (Å²) in [6, 6.07) is 3.80. The fraction of sp³-hybridized carbons (Fsp3) is 0.667. The van der Waals surface area contributed by atoms with Crippen molar-refractivity contribution in [3.8, 4) is 0 Å². The van der Waals surface area contributed by atoms with E-state index in [0.29, 0.717) is 10.9 Å². The van der Waals surface area contributed by atoms with Crippen molar-refractivity contribution < 1.29 is 4.79 Å². The van der Waals surface area contributed by atoms with E-state index < -0.39 is 0 Å². The van der Waals surface area contributed by atoms with Gasteiger partial charge in [-0.1, -0.05) is 24.9 Å². The number of anilines is 1. The van der Waals surface area contributed by atoms with Gasteiger partial charge in [-0.15, -0.1) is 0 Å². The second kappa shape index (κ2) is 8.17. The lowest BCUT2D eigenvalue weighted by Gasteiger charge is -2.41. The molecule has 1 amide bonds. The molecule has 132 valence electrons. The Morgan fingerprint density at radius 2 is 2.04 bits per heavy atom. The Labute approximate surface area is 149 Å². The van der Waals surface area contributed by atoms with E-state index in [4.69, 9.17) is 11.6 Å². The third kappa shape index (κ3) is 3.83. The van der Waals surface area contributed by atoms with Crippen LogP contribution in [0.1, 0.15) is 32.6 Å². The van der Waals surface area contributed by atoms with Gasteiger partial charge in [-0.05, 0) is 44.5 Å². The molecule has 5 nitrogen and oxygen atoms in total. The van der Waals surface area contributed by atoms with E-state index in [1.54, 1.807) is 6.20 Å². The summed E-state index contributed by atoms with van der Waals surface area (Å²) >= 11 is 6.24. The summed E-state index contributed by atoms with van der Waals surface area (Å²) in [5.41, 5.74) is 0. The van der Waals surface area contributed by atoms with Gasteiger partial charge in [-0.2, -0.15) is 0 Å². The molecule has 1 aromatic heterocycles. The lowest BCUT2D eigenvalue weighted by Crippen LogP contribution is -2.56. The predicted molar refractivity (Wildman–Crippen MR) is 97.5 cm³/mol. The van der Waals surface area contributed by atoms with Crippen LogP contribution in [0.25, 0.3) is 0 Å². The number of nitrogens with zero attached hydrogens (tertiary/aromatic N) is 4. The fourth-order valence-corrected chi connectivity index (χ4v) is 4.03. The van der Waals surface area contributed by atoms with Crippen LogP contribution < -0.4 is 4.90 Å². The van der Waals surface area contributed by atoms with Crippen LogP contribution in [-0.2, 0) is 4.79 Å². The summed E-state index contributed by atoms with van der Waals surface area (Å²) in [7, 11) is 0. The number of hydrogen-bond acceptors (Lipinski definition) is 4. The summed E-state index contributed by atoms with van der Waals surface area (Å²) < 4.78 is 0. The average Bonchev–Trinajstić information content (AvgIpc) is 2.63. The van der Waals surface area contributed by atoms with Crippen molar-refractivity contribution in [1.82, 2.24) is 14.8 Å². The second-order valence-corrected chi connectivity index (χ2v) is 7.08. The van der Waals surface area contributed by atoms with Gasteiger partial charge in [0, 0.05) is 32.4 Å². The molecular weight excluding hydrogens is 324 g/mol. The van der Waals surface area contributed by atoms with Gasteiger partial charge in [-0.25, -0.2) is 4.98 Å². The molecule has 6 heteroatoms. The Morgan fingerprint density at radius 1 is 1.25 bits per heavy atom. The average molecular weight is 351 g/mol. The maximum Gasteiger partial charge on any atom is 0.240 e. The van der Waals surface area contributed by atoms with Gasteiger partial charge in [0.15, 0.2) is 0 Å². The van der Waals surface area contributed by atoms with Gasteiger partial charge in [0.05, 0.1) is 11.1 Å². The molecule has 0 aromatic carbocycles. The van der Waals surface area contributed by atoms with Crippen LogP contribution in [0.3, 0.4) is 0 Å². The summed E-state index contributed by atoms with van der Waals surface area (Å²) in [6.45, 7) is 7.37. The first-order chi connectivity index (χ1) is 11.7. The zero-order chi connectivity index (χ0) is 16.9. The number of aromatic nitrogens is 1. The maximum atomic E-state index is 13.0. The minimum Gasteiger partial charge on any atom is -0.352 e. The summed E-state index contributed by atoms with van der Waals surface area (Å²) in [5, 5.41) is 0.679. The molecule has 2 aliphatic heterocycles. The van der Waals surface area contributed by atoms with Crippen LogP contribution in [-0.4, -0.2) is 66.0 Å². The first kappa shape index (κ1) is 17.5. The van der Waals surface area contributed by atoms with Gasteiger partial charge in [0.25, 0.3) is 0 Å². The molecule has 0 aliphatic carbocycles. The van der Waals surface area contributed by atoms with Crippen molar-refractivity contribution >= 4 is 23.3 Å². The number of pyridine rings is 1. The smallest absolute Gasteiger partial charge is 0.240 e. The molecule has 3 heterocycles. The molecule has 2 aliphatic rings.